The van der Waals surface area contributed by atoms with Gasteiger partial charge in [-0.15, -0.1) is 0 Å². The molecule has 8 heteroatoms. The largest absolute Gasteiger partial charge is 0.490 e. The second-order valence-corrected chi connectivity index (χ2v) is 9.06. The Balaban J connectivity index is 2.02. The summed E-state index contributed by atoms with van der Waals surface area (Å²) in [6.07, 6.45) is 0.0133. The van der Waals surface area contributed by atoms with Gasteiger partial charge in [-0.2, -0.15) is 0 Å². The second-order valence-electron chi connectivity index (χ2n) is 6.41. The molecular weight excluding hydrogens is 386 g/mol. The third-order valence-electron chi connectivity index (χ3n) is 5.11. The van der Waals surface area contributed by atoms with Crippen molar-refractivity contribution in [2.45, 2.75) is 16.1 Å². The maximum Gasteiger partial charge on any atom is 0.189 e. The van der Waals surface area contributed by atoms with Crippen LogP contribution in [0.4, 0.5) is 8.78 Å². The molecule has 0 unspecified atom stereocenters. The Labute approximate surface area is 154 Å². The highest BCUT2D eigenvalue weighted by atomic mass is 35.5. The highest BCUT2D eigenvalue weighted by Gasteiger charge is 2.59. The number of hydrogen-bond acceptors (Lipinski definition) is 4. The molecule has 2 aliphatic heterocycles. The summed E-state index contributed by atoms with van der Waals surface area (Å²) in [4.78, 5) is 0.00492. The molecule has 0 radical (unpaired) electrons. The van der Waals surface area contributed by atoms with Gasteiger partial charge in [-0.1, -0.05) is 11.6 Å². The first kappa shape index (κ1) is 17.7. The maximum atomic E-state index is 14.8. The topological polar surface area (TPSA) is 52.6 Å². The van der Waals surface area contributed by atoms with Gasteiger partial charge < -0.3 is 9.47 Å². The molecule has 1 saturated heterocycles. The molecule has 0 aliphatic carbocycles. The summed E-state index contributed by atoms with van der Waals surface area (Å²) in [5.74, 6) is -2.57. The van der Waals surface area contributed by atoms with E-state index in [1.807, 2.05) is 0 Å². The fraction of sp³-hybridized carbons (Fsp3) is 0.333. The summed E-state index contributed by atoms with van der Waals surface area (Å²) in [5, 5.41) is 0.384. The van der Waals surface area contributed by atoms with E-state index in [4.69, 9.17) is 21.1 Å². The van der Waals surface area contributed by atoms with Crippen LogP contribution in [-0.4, -0.2) is 28.2 Å². The van der Waals surface area contributed by atoms with Gasteiger partial charge in [-0.25, -0.2) is 17.2 Å². The van der Waals surface area contributed by atoms with Crippen molar-refractivity contribution in [1.29, 1.82) is 0 Å². The van der Waals surface area contributed by atoms with Crippen LogP contribution in [0.2, 0.25) is 5.02 Å². The molecular formula is C18H15ClF2O4S. The quantitative estimate of drug-likeness (QED) is 0.771. The van der Waals surface area contributed by atoms with Crippen molar-refractivity contribution in [1.82, 2.24) is 0 Å². The minimum absolute atomic E-state index is 0.00492. The summed E-state index contributed by atoms with van der Waals surface area (Å²) in [6, 6.07) is 7.56. The van der Waals surface area contributed by atoms with E-state index in [-0.39, 0.29) is 42.4 Å². The van der Waals surface area contributed by atoms with Crippen LogP contribution in [0.3, 0.4) is 0 Å². The Bertz CT molecular complexity index is 962. The molecule has 0 saturated carbocycles. The molecule has 0 N–H and O–H groups in total. The maximum absolute atomic E-state index is 14.8. The van der Waals surface area contributed by atoms with Crippen LogP contribution in [0.15, 0.2) is 41.3 Å². The van der Waals surface area contributed by atoms with Gasteiger partial charge >= 0.3 is 0 Å². The number of ether oxygens (including phenoxy) is 2. The monoisotopic (exact) mass is 400 g/mol. The summed E-state index contributed by atoms with van der Waals surface area (Å²) in [6.45, 7) is 0.140. The van der Waals surface area contributed by atoms with Gasteiger partial charge in [0.1, 0.15) is 10.6 Å². The van der Waals surface area contributed by atoms with Gasteiger partial charge in [0.05, 0.1) is 23.7 Å². The van der Waals surface area contributed by atoms with E-state index >= 15 is 0 Å². The number of benzene rings is 2. The van der Waals surface area contributed by atoms with E-state index in [9.17, 15) is 17.2 Å². The van der Waals surface area contributed by atoms with Crippen molar-refractivity contribution in [2.24, 2.45) is 5.92 Å². The molecule has 2 aliphatic rings. The molecule has 0 amide bonds. The average Bonchev–Trinajstić information content (AvgIpc) is 2.64. The van der Waals surface area contributed by atoms with Crippen LogP contribution in [0.5, 0.6) is 5.75 Å². The highest BCUT2D eigenvalue weighted by molar-refractivity contribution is 7.92. The molecule has 2 aromatic carbocycles. The van der Waals surface area contributed by atoms with E-state index < -0.39 is 32.1 Å². The Hall–Kier alpha value is -1.70. The first-order chi connectivity index (χ1) is 12.4. The molecule has 2 aromatic rings. The van der Waals surface area contributed by atoms with E-state index in [1.54, 1.807) is 0 Å². The first-order valence-corrected chi connectivity index (χ1v) is 9.93. The van der Waals surface area contributed by atoms with Gasteiger partial charge in [0.2, 0.25) is 0 Å². The van der Waals surface area contributed by atoms with E-state index in [2.05, 4.69) is 0 Å². The molecule has 138 valence electrons. The standard InChI is InChI=1S/C18H15ClF2O4S/c19-12-1-3-13(4-2-12)26(22,23)18-7-8-24-9-11(18)10-25-17-15(21)6-5-14(20)16(17)18/h1-6,11H,7-10H2/t11-,18-/m1/s1. The van der Waals surface area contributed by atoms with E-state index in [0.717, 1.165) is 12.1 Å². The molecule has 4 nitrogen and oxygen atoms in total. The van der Waals surface area contributed by atoms with Crippen molar-refractivity contribution in [3.63, 3.8) is 0 Å². The van der Waals surface area contributed by atoms with Gasteiger partial charge in [0.15, 0.2) is 21.4 Å². The summed E-state index contributed by atoms with van der Waals surface area (Å²) < 4.78 is 65.5. The Morgan fingerprint density at radius 3 is 2.46 bits per heavy atom. The number of fused-ring (bicyclic) bond motifs is 3. The van der Waals surface area contributed by atoms with Crippen LogP contribution >= 0.6 is 11.6 Å². The number of hydrogen-bond donors (Lipinski definition) is 0. The molecule has 4 rings (SSSR count). The molecule has 0 spiro atoms. The fourth-order valence-electron chi connectivity index (χ4n) is 3.86. The molecule has 2 atom stereocenters. The van der Waals surface area contributed by atoms with Crippen molar-refractivity contribution in [3.8, 4) is 5.75 Å². The van der Waals surface area contributed by atoms with Crippen LogP contribution in [0, 0.1) is 17.6 Å². The van der Waals surface area contributed by atoms with Gasteiger partial charge in [0, 0.05) is 17.5 Å². The third-order valence-corrected chi connectivity index (χ3v) is 7.96. The fourth-order valence-corrected chi connectivity index (χ4v) is 6.29. The lowest BCUT2D eigenvalue weighted by atomic mass is 9.79. The van der Waals surface area contributed by atoms with Gasteiger partial charge in [-0.3, -0.25) is 0 Å². The SMILES string of the molecule is O=S(=O)(c1ccc(Cl)cc1)[C@]12CCOC[C@@H]1COc1c(F)ccc(F)c12. The first-order valence-electron chi connectivity index (χ1n) is 8.07. The Morgan fingerprint density at radius 2 is 1.73 bits per heavy atom. The Morgan fingerprint density at radius 1 is 1.04 bits per heavy atom. The van der Waals surface area contributed by atoms with Crippen LogP contribution in [0.1, 0.15) is 12.0 Å². The van der Waals surface area contributed by atoms with Crippen molar-refractivity contribution in [2.75, 3.05) is 19.8 Å². The number of rotatable bonds is 2. The zero-order valence-corrected chi connectivity index (χ0v) is 15.1. The number of halogens is 3. The minimum atomic E-state index is -4.08. The van der Waals surface area contributed by atoms with Crippen LogP contribution < -0.4 is 4.74 Å². The van der Waals surface area contributed by atoms with E-state index in [0.29, 0.717) is 5.02 Å². The zero-order valence-electron chi connectivity index (χ0n) is 13.5. The summed E-state index contributed by atoms with van der Waals surface area (Å²) in [7, 11) is -4.08. The number of sulfone groups is 1. The Kier molecular flexibility index (Phi) is 4.21. The van der Waals surface area contributed by atoms with Crippen LogP contribution in [-0.2, 0) is 19.3 Å². The normalized spacial score (nSPS) is 25.1. The summed E-state index contributed by atoms with van der Waals surface area (Å²) in [5.41, 5.74) is -0.244. The summed E-state index contributed by atoms with van der Waals surface area (Å²) >= 11 is 5.87. The smallest absolute Gasteiger partial charge is 0.189 e. The van der Waals surface area contributed by atoms with Gasteiger partial charge in [0.25, 0.3) is 0 Å². The van der Waals surface area contributed by atoms with Gasteiger partial charge in [-0.05, 0) is 42.8 Å². The van der Waals surface area contributed by atoms with Crippen molar-refractivity contribution >= 4 is 21.4 Å². The van der Waals surface area contributed by atoms with Crippen molar-refractivity contribution in [3.05, 3.63) is 58.6 Å². The highest BCUT2D eigenvalue weighted by Crippen LogP contribution is 2.53. The lowest BCUT2D eigenvalue weighted by Gasteiger charge is -2.46. The molecule has 26 heavy (non-hydrogen) atoms. The van der Waals surface area contributed by atoms with E-state index in [1.165, 1.54) is 24.3 Å². The molecule has 0 aromatic heterocycles. The molecule has 2 heterocycles. The zero-order chi connectivity index (χ0) is 18.5. The molecule has 0 bridgehead atoms. The predicted molar refractivity (Wildman–Crippen MR) is 91.1 cm³/mol. The average molecular weight is 401 g/mol. The minimum Gasteiger partial charge on any atom is -0.490 e. The van der Waals surface area contributed by atoms with Crippen molar-refractivity contribution < 1.29 is 26.7 Å². The third kappa shape index (κ3) is 2.37. The van der Waals surface area contributed by atoms with Crippen LogP contribution in [0.25, 0.3) is 0 Å². The lowest BCUT2D eigenvalue weighted by Crippen LogP contribution is -2.54. The lowest BCUT2D eigenvalue weighted by molar-refractivity contribution is -0.00653. The second kappa shape index (κ2) is 6.18. The molecule has 1 fully saturated rings. The predicted octanol–water partition coefficient (Wildman–Crippen LogP) is 3.72.